The number of rotatable bonds is 1. The third-order valence-corrected chi connectivity index (χ3v) is 3.62. The molecule has 1 aliphatic rings. The van der Waals surface area contributed by atoms with Crippen LogP contribution >= 0.6 is 23.2 Å². The van der Waals surface area contributed by atoms with Gasteiger partial charge in [-0.25, -0.2) is 0 Å². The van der Waals surface area contributed by atoms with Gasteiger partial charge in [0.1, 0.15) is 6.04 Å². The van der Waals surface area contributed by atoms with Gasteiger partial charge in [-0.3, -0.25) is 4.79 Å². The molecule has 1 heterocycles. The molecule has 0 N–H and O–H groups in total. The topological polar surface area (TPSA) is 44.1 Å². The number of benzene rings is 1. The van der Waals surface area contributed by atoms with Crippen LogP contribution < -0.4 is 0 Å². The number of hydrogen-bond donors (Lipinski definition) is 0. The van der Waals surface area contributed by atoms with Crippen LogP contribution in [-0.4, -0.2) is 23.4 Å². The summed E-state index contributed by atoms with van der Waals surface area (Å²) in [5.41, 5.74) is 0.406. The largest absolute Gasteiger partial charge is 0.323 e. The molecule has 0 bridgehead atoms. The molecule has 3 nitrogen and oxygen atoms in total. The van der Waals surface area contributed by atoms with Gasteiger partial charge in [0.05, 0.1) is 16.7 Å². The molecule has 94 valence electrons. The number of halogens is 2. The van der Waals surface area contributed by atoms with Crippen LogP contribution in [0.2, 0.25) is 10.0 Å². The molecule has 1 aromatic rings. The lowest BCUT2D eigenvalue weighted by Crippen LogP contribution is -2.43. The van der Waals surface area contributed by atoms with Crippen LogP contribution in [-0.2, 0) is 0 Å². The lowest BCUT2D eigenvalue weighted by atomic mass is 10.0. The maximum atomic E-state index is 12.3. The van der Waals surface area contributed by atoms with Gasteiger partial charge in [-0.15, -0.1) is 0 Å². The monoisotopic (exact) mass is 282 g/mol. The Hall–Kier alpha value is -1.24. The van der Waals surface area contributed by atoms with E-state index in [2.05, 4.69) is 6.07 Å². The van der Waals surface area contributed by atoms with Gasteiger partial charge in [0.15, 0.2) is 0 Å². The molecular formula is C13H12Cl2N2O. The van der Waals surface area contributed by atoms with Crippen molar-refractivity contribution in [3.05, 3.63) is 33.8 Å². The van der Waals surface area contributed by atoms with Crippen LogP contribution in [0.5, 0.6) is 0 Å². The van der Waals surface area contributed by atoms with Gasteiger partial charge in [-0.05, 0) is 37.5 Å². The SMILES string of the molecule is N#CC1CCCCN1C(=O)c1ccc(Cl)cc1Cl. The Labute approximate surface area is 116 Å². The van der Waals surface area contributed by atoms with E-state index in [0.717, 1.165) is 19.3 Å². The molecule has 0 aliphatic carbocycles. The Balaban J connectivity index is 2.27. The number of carbonyl (C=O) groups excluding carboxylic acids is 1. The number of likely N-dealkylation sites (tertiary alicyclic amines) is 1. The third kappa shape index (κ3) is 2.60. The molecular weight excluding hydrogens is 271 g/mol. The lowest BCUT2D eigenvalue weighted by Gasteiger charge is -2.31. The number of nitriles is 1. The Bertz CT molecular complexity index is 510. The molecule has 18 heavy (non-hydrogen) atoms. The first kappa shape index (κ1) is 13.2. The summed E-state index contributed by atoms with van der Waals surface area (Å²) in [6, 6.07) is 6.60. The zero-order valence-corrected chi connectivity index (χ0v) is 11.2. The van der Waals surface area contributed by atoms with Crippen LogP contribution in [0.15, 0.2) is 18.2 Å². The highest BCUT2D eigenvalue weighted by Crippen LogP contribution is 2.25. The highest BCUT2D eigenvalue weighted by atomic mass is 35.5. The number of nitrogens with zero attached hydrogens (tertiary/aromatic N) is 2. The number of piperidine rings is 1. The van der Waals surface area contributed by atoms with Crippen molar-refractivity contribution >= 4 is 29.1 Å². The van der Waals surface area contributed by atoms with E-state index in [1.165, 1.54) is 0 Å². The fourth-order valence-corrected chi connectivity index (χ4v) is 2.62. The summed E-state index contributed by atoms with van der Waals surface area (Å²) in [4.78, 5) is 13.9. The fourth-order valence-electron chi connectivity index (χ4n) is 2.13. The first-order valence-electron chi connectivity index (χ1n) is 5.79. The van der Waals surface area contributed by atoms with Crippen molar-refractivity contribution in [2.75, 3.05) is 6.54 Å². The van der Waals surface area contributed by atoms with Crippen molar-refractivity contribution in [1.82, 2.24) is 4.90 Å². The molecule has 1 aromatic carbocycles. The van der Waals surface area contributed by atoms with Gasteiger partial charge in [-0.1, -0.05) is 23.2 Å². The van der Waals surface area contributed by atoms with Gasteiger partial charge < -0.3 is 4.90 Å². The van der Waals surface area contributed by atoms with E-state index in [9.17, 15) is 4.79 Å². The second kappa shape index (κ2) is 5.60. The van der Waals surface area contributed by atoms with Crippen LogP contribution in [0.3, 0.4) is 0 Å². The van der Waals surface area contributed by atoms with E-state index in [1.54, 1.807) is 23.1 Å². The molecule has 1 saturated heterocycles. The molecule has 2 rings (SSSR count). The molecule has 0 spiro atoms. The zero-order valence-electron chi connectivity index (χ0n) is 9.70. The third-order valence-electron chi connectivity index (χ3n) is 3.07. The standard InChI is InChI=1S/C13H12Cl2N2O/c14-9-4-5-11(12(15)7-9)13(18)17-6-2-1-3-10(17)8-16/h4-5,7,10H,1-3,6H2. The summed E-state index contributed by atoms with van der Waals surface area (Å²) in [5.74, 6) is -0.192. The Morgan fingerprint density at radius 2 is 2.17 bits per heavy atom. The van der Waals surface area contributed by atoms with Crippen LogP contribution in [0.4, 0.5) is 0 Å². The molecule has 1 unspecified atom stereocenters. The van der Waals surface area contributed by atoms with E-state index >= 15 is 0 Å². The van der Waals surface area contributed by atoms with Crippen molar-refractivity contribution < 1.29 is 4.79 Å². The number of amides is 1. The second-order valence-corrected chi connectivity index (χ2v) is 5.11. The lowest BCUT2D eigenvalue weighted by molar-refractivity contribution is 0.0671. The predicted octanol–water partition coefficient (Wildman–Crippen LogP) is 3.51. The van der Waals surface area contributed by atoms with Crippen molar-refractivity contribution in [3.8, 4) is 6.07 Å². The summed E-state index contributed by atoms with van der Waals surface area (Å²) in [7, 11) is 0. The second-order valence-electron chi connectivity index (χ2n) is 4.26. The van der Waals surface area contributed by atoms with Crippen molar-refractivity contribution in [1.29, 1.82) is 5.26 Å². The maximum Gasteiger partial charge on any atom is 0.256 e. The molecule has 1 aliphatic heterocycles. The summed E-state index contributed by atoms with van der Waals surface area (Å²) in [5, 5.41) is 9.89. The molecule has 1 amide bonds. The fraction of sp³-hybridized carbons (Fsp3) is 0.385. The minimum absolute atomic E-state index is 0.192. The molecule has 1 fully saturated rings. The smallest absolute Gasteiger partial charge is 0.256 e. The van der Waals surface area contributed by atoms with Crippen molar-refractivity contribution in [2.45, 2.75) is 25.3 Å². The van der Waals surface area contributed by atoms with Crippen LogP contribution in [0, 0.1) is 11.3 Å². The van der Waals surface area contributed by atoms with Crippen LogP contribution in [0.25, 0.3) is 0 Å². The summed E-state index contributed by atoms with van der Waals surface area (Å²) in [6.07, 6.45) is 2.64. The highest BCUT2D eigenvalue weighted by Gasteiger charge is 2.28. The van der Waals surface area contributed by atoms with E-state index in [4.69, 9.17) is 28.5 Å². The van der Waals surface area contributed by atoms with Gasteiger partial charge in [0, 0.05) is 11.6 Å². The Kier molecular flexibility index (Phi) is 4.11. The highest BCUT2D eigenvalue weighted by molar-refractivity contribution is 6.36. The molecule has 0 saturated carbocycles. The van der Waals surface area contributed by atoms with Gasteiger partial charge in [-0.2, -0.15) is 5.26 Å². The molecule has 5 heteroatoms. The van der Waals surface area contributed by atoms with E-state index in [-0.39, 0.29) is 11.9 Å². The van der Waals surface area contributed by atoms with Crippen molar-refractivity contribution in [3.63, 3.8) is 0 Å². The van der Waals surface area contributed by atoms with E-state index in [1.807, 2.05) is 0 Å². The quantitative estimate of drug-likeness (QED) is 0.791. The summed E-state index contributed by atoms with van der Waals surface area (Å²) >= 11 is 11.8. The predicted molar refractivity (Wildman–Crippen MR) is 70.8 cm³/mol. The Morgan fingerprint density at radius 1 is 1.39 bits per heavy atom. The normalized spacial score (nSPS) is 19.4. The van der Waals surface area contributed by atoms with Gasteiger partial charge >= 0.3 is 0 Å². The minimum Gasteiger partial charge on any atom is -0.323 e. The number of carbonyl (C=O) groups is 1. The maximum absolute atomic E-state index is 12.3. The summed E-state index contributed by atoms with van der Waals surface area (Å²) < 4.78 is 0. The molecule has 0 aromatic heterocycles. The Morgan fingerprint density at radius 3 is 2.83 bits per heavy atom. The first-order chi connectivity index (χ1) is 8.63. The zero-order chi connectivity index (χ0) is 13.1. The average molecular weight is 283 g/mol. The van der Waals surface area contributed by atoms with E-state index < -0.39 is 0 Å². The van der Waals surface area contributed by atoms with Gasteiger partial charge in [0.25, 0.3) is 5.91 Å². The number of hydrogen-bond acceptors (Lipinski definition) is 2. The van der Waals surface area contributed by atoms with Gasteiger partial charge in [0.2, 0.25) is 0 Å². The van der Waals surface area contributed by atoms with Crippen molar-refractivity contribution in [2.24, 2.45) is 0 Å². The summed E-state index contributed by atoms with van der Waals surface area (Å²) in [6.45, 7) is 0.607. The molecule has 1 atom stereocenters. The minimum atomic E-state index is -0.349. The van der Waals surface area contributed by atoms with Crippen LogP contribution in [0.1, 0.15) is 29.6 Å². The average Bonchev–Trinajstić information content (AvgIpc) is 2.38. The first-order valence-corrected chi connectivity index (χ1v) is 6.54. The molecule has 0 radical (unpaired) electrons. The van der Waals surface area contributed by atoms with E-state index in [0.29, 0.717) is 22.2 Å².